The van der Waals surface area contributed by atoms with Crippen molar-refractivity contribution < 1.29 is 54.4 Å². The quantitative estimate of drug-likeness (QED) is 0.202. The maximum atomic E-state index is 12.0. The first-order chi connectivity index (χ1) is 13.3. The molecule has 3 aliphatic rings. The topological polar surface area (TPSA) is 175 Å². The van der Waals surface area contributed by atoms with E-state index in [2.05, 4.69) is 0 Å². The maximum Gasteiger partial charge on any atom is 0.337 e. The Morgan fingerprint density at radius 2 is 1.89 bits per heavy atom. The summed E-state index contributed by atoms with van der Waals surface area (Å²) in [6.07, 6.45) is -8.59. The van der Waals surface area contributed by atoms with Crippen LogP contribution in [0.4, 0.5) is 0 Å². The minimum atomic E-state index is -1.66. The third kappa shape index (κ3) is 3.55. The summed E-state index contributed by atoms with van der Waals surface area (Å²) in [5.41, 5.74) is 0.623. The lowest BCUT2D eigenvalue weighted by molar-refractivity contribution is -0.327. The van der Waals surface area contributed by atoms with E-state index in [1.165, 1.54) is 7.11 Å². The van der Waals surface area contributed by atoms with Crippen LogP contribution in [0.3, 0.4) is 0 Å². The number of fused-ring (bicyclic) bond motifs is 1. The first-order valence-electron chi connectivity index (χ1n) is 8.75. The lowest BCUT2D eigenvalue weighted by atomic mass is 9.90. The normalized spacial score (nSPS) is 40.6. The minimum absolute atomic E-state index is 0.101. The van der Waals surface area contributed by atoms with Crippen molar-refractivity contribution in [3.8, 4) is 0 Å². The highest BCUT2D eigenvalue weighted by molar-refractivity contribution is 5.90. The molecule has 0 aromatic heterocycles. The van der Waals surface area contributed by atoms with E-state index in [-0.39, 0.29) is 23.1 Å². The minimum Gasteiger partial charge on any atom is -0.468 e. The molecule has 2 heterocycles. The van der Waals surface area contributed by atoms with Gasteiger partial charge in [-0.25, -0.2) is 4.79 Å². The number of methoxy groups -OCH3 is 1. The summed E-state index contributed by atoms with van der Waals surface area (Å²) in [5.74, 6) is -1.31. The Bertz CT molecular complexity index is 657. The standard InChI is InChI=1S/C17H24O11/c1-25-15(24)8-5-26-16(11-6(8)2-9(20)7(11)3-18)28-17-14(23)13(22)12(21)10(4-19)27-17/h5-6,9-10,12-14,16-23H,2-4H2,1H3/t6-,9+,10-,12-,13+,14-,16+,17+/m1/s1. The molecule has 3 rings (SSSR count). The molecule has 0 spiro atoms. The molecule has 11 heteroatoms. The average Bonchev–Trinajstić information content (AvgIpc) is 3.04. The number of hydrogen-bond acceptors (Lipinski definition) is 11. The van der Waals surface area contributed by atoms with Crippen LogP contribution in [0.5, 0.6) is 0 Å². The van der Waals surface area contributed by atoms with Crippen LogP contribution in [-0.2, 0) is 23.7 Å². The van der Waals surface area contributed by atoms with Crippen LogP contribution in [0.1, 0.15) is 6.42 Å². The molecule has 0 saturated carbocycles. The first-order valence-corrected chi connectivity index (χ1v) is 8.75. The predicted octanol–water partition coefficient (Wildman–Crippen LogP) is -3.11. The summed E-state index contributed by atoms with van der Waals surface area (Å²) in [6.45, 7) is -1.14. The van der Waals surface area contributed by atoms with Crippen molar-refractivity contribution in [1.82, 2.24) is 0 Å². The Morgan fingerprint density at radius 3 is 2.50 bits per heavy atom. The number of aliphatic hydroxyl groups excluding tert-OH is 6. The van der Waals surface area contributed by atoms with E-state index >= 15 is 0 Å². The largest absolute Gasteiger partial charge is 0.468 e. The lowest BCUT2D eigenvalue weighted by Crippen LogP contribution is -2.60. The van der Waals surface area contributed by atoms with Crippen molar-refractivity contribution in [1.29, 1.82) is 0 Å². The summed E-state index contributed by atoms with van der Waals surface area (Å²) in [4.78, 5) is 12.0. The van der Waals surface area contributed by atoms with Gasteiger partial charge in [-0.1, -0.05) is 0 Å². The van der Waals surface area contributed by atoms with Crippen molar-refractivity contribution in [3.05, 3.63) is 23.0 Å². The number of ether oxygens (including phenoxy) is 4. The van der Waals surface area contributed by atoms with Gasteiger partial charge in [-0.3, -0.25) is 0 Å². The summed E-state index contributed by atoms with van der Waals surface area (Å²) >= 11 is 0. The molecule has 0 radical (unpaired) electrons. The van der Waals surface area contributed by atoms with Gasteiger partial charge in [0.05, 0.1) is 38.3 Å². The summed E-state index contributed by atoms with van der Waals surface area (Å²) in [7, 11) is 1.20. The van der Waals surface area contributed by atoms with Crippen LogP contribution in [-0.4, -0.2) is 100 Å². The monoisotopic (exact) mass is 404 g/mol. The van der Waals surface area contributed by atoms with Crippen LogP contribution in [0.2, 0.25) is 0 Å². The van der Waals surface area contributed by atoms with Crippen molar-refractivity contribution >= 4 is 5.97 Å². The van der Waals surface area contributed by atoms with E-state index in [1.807, 2.05) is 0 Å². The Morgan fingerprint density at radius 1 is 1.18 bits per heavy atom. The highest BCUT2D eigenvalue weighted by Gasteiger charge is 2.49. The van der Waals surface area contributed by atoms with Gasteiger partial charge in [0.25, 0.3) is 0 Å². The first kappa shape index (κ1) is 21.1. The summed E-state index contributed by atoms with van der Waals surface area (Å²) in [6, 6.07) is 0. The van der Waals surface area contributed by atoms with E-state index in [4.69, 9.17) is 18.9 Å². The molecule has 1 saturated heterocycles. The van der Waals surface area contributed by atoms with Gasteiger partial charge in [0.1, 0.15) is 24.4 Å². The smallest absolute Gasteiger partial charge is 0.337 e. The van der Waals surface area contributed by atoms with Gasteiger partial charge >= 0.3 is 5.97 Å². The highest BCUT2D eigenvalue weighted by atomic mass is 16.8. The molecule has 1 fully saturated rings. The fourth-order valence-electron chi connectivity index (χ4n) is 3.72. The van der Waals surface area contributed by atoms with E-state index in [1.54, 1.807) is 0 Å². The number of rotatable bonds is 5. The van der Waals surface area contributed by atoms with Gasteiger partial charge < -0.3 is 49.6 Å². The Labute approximate surface area is 160 Å². The van der Waals surface area contributed by atoms with Crippen LogP contribution >= 0.6 is 0 Å². The summed E-state index contributed by atoms with van der Waals surface area (Å²) < 4.78 is 21.0. The molecule has 8 atom stereocenters. The second-order valence-electron chi connectivity index (χ2n) is 6.81. The SMILES string of the molecule is COC(=O)C1=CO[C@@H](O[C@@H]2O[C@H](CO)[C@@H](O)[C@H](O)[C@H]2O)C2=C(CO)[C@@H](O)C[C@H]12. The van der Waals surface area contributed by atoms with Gasteiger partial charge in [0.2, 0.25) is 6.29 Å². The highest BCUT2D eigenvalue weighted by Crippen LogP contribution is 2.44. The van der Waals surface area contributed by atoms with Crippen molar-refractivity contribution in [2.24, 2.45) is 5.92 Å². The maximum absolute atomic E-state index is 12.0. The third-order valence-corrected chi connectivity index (χ3v) is 5.25. The van der Waals surface area contributed by atoms with Gasteiger partial charge in [-0.05, 0) is 12.0 Å². The Hall–Kier alpha value is -1.57. The molecular formula is C17H24O11. The van der Waals surface area contributed by atoms with E-state index < -0.39 is 68.2 Å². The van der Waals surface area contributed by atoms with E-state index in [0.717, 1.165) is 6.26 Å². The van der Waals surface area contributed by atoms with Gasteiger partial charge in [0, 0.05) is 11.5 Å². The molecule has 11 nitrogen and oxygen atoms in total. The van der Waals surface area contributed by atoms with Crippen molar-refractivity contribution in [2.75, 3.05) is 20.3 Å². The molecule has 2 aliphatic heterocycles. The number of carbonyl (C=O) groups is 1. The number of hydrogen-bond donors (Lipinski definition) is 6. The van der Waals surface area contributed by atoms with Gasteiger partial charge in [0.15, 0.2) is 6.29 Å². The number of aliphatic hydroxyl groups is 6. The molecule has 1 aliphatic carbocycles. The Kier molecular flexibility index (Phi) is 6.37. The molecule has 6 N–H and O–H groups in total. The van der Waals surface area contributed by atoms with Gasteiger partial charge in [-0.15, -0.1) is 0 Å². The molecule has 158 valence electrons. The molecule has 28 heavy (non-hydrogen) atoms. The fourth-order valence-corrected chi connectivity index (χ4v) is 3.72. The zero-order valence-corrected chi connectivity index (χ0v) is 15.0. The number of esters is 1. The van der Waals surface area contributed by atoms with E-state index in [0.29, 0.717) is 0 Å². The molecule has 0 amide bonds. The molecule has 0 aromatic rings. The van der Waals surface area contributed by atoms with Gasteiger partial charge in [-0.2, -0.15) is 0 Å². The number of carbonyl (C=O) groups excluding carboxylic acids is 1. The van der Waals surface area contributed by atoms with Crippen molar-refractivity contribution in [3.63, 3.8) is 0 Å². The van der Waals surface area contributed by atoms with E-state index in [9.17, 15) is 35.4 Å². The van der Waals surface area contributed by atoms with Crippen LogP contribution < -0.4 is 0 Å². The molecule has 0 aromatic carbocycles. The third-order valence-electron chi connectivity index (χ3n) is 5.25. The van der Waals surface area contributed by atoms with Crippen LogP contribution in [0.25, 0.3) is 0 Å². The van der Waals surface area contributed by atoms with Crippen molar-refractivity contribution in [2.45, 2.75) is 49.5 Å². The summed E-state index contributed by atoms with van der Waals surface area (Å²) in [5, 5.41) is 59.0. The molecular weight excluding hydrogens is 380 g/mol. The fraction of sp³-hybridized carbons (Fsp3) is 0.706. The zero-order valence-electron chi connectivity index (χ0n) is 15.0. The zero-order chi connectivity index (χ0) is 20.6. The Balaban J connectivity index is 1.88. The van der Waals surface area contributed by atoms with Crippen LogP contribution in [0, 0.1) is 5.92 Å². The molecule has 0 unspecified atom stereocenters. The second-order valence-corrected chi connectivity index (χ2v) is 6.81. The lowest BCUT2D eigenvalue weighted by Gasteiger charge is -2.41. The second kappa shape index (κ2) is 8.43. The molecule has 0 bridgehead atoms. The van der Waals surface area contributed by atoms with Crippen LogP contribution in [0.15, 0.2) is 23.0 Å². The predicted molar refractivity (Wildman–Crippen MR) is 88.0 cm³/mol. The average molecular weight is 404 g/mol.